The van der Waals surface area contributed by atoms with Crippen molar-refractivity contribution in [2.24, 2.45) is 0 Å². The van der Waals surface area contributed by atoms with Crippen LogP contribution in [-0.2, 0) is 16.9 Å². The first kappa shape index (κ1) is 16.5. The summed E-state index contributed by atoms with van der Waals surface area (Å²) in [7, 11) is 0. The molecule has 1 unspecified atom stereocenters. The minimum Gasteiger partial charge on any atom is -0.319 e. The maximum Gasteiger partial charge on any atom is 0.325 e. The molecule has 1 N–H and O–H groups in total. The van der Waals surface area contributed by atoms with E-state index in [4.69, 9.17) is 11.6 Å². The quantitative estimate of drug-likeness (QED) is 0.717. The van der Waals surface area contributed by atoms with E-state index in [2.05, 4.69) is 10.3 Å². The highest BCUT2D eigenvalue weighted by atomic mass is 35.5. The van der Waals surface area contributed by atoms with Gasteiger partial charge in [-0.3, -0.25) is 14.7 Å². The Labute approximate surface area is 155 Å². The molecule has 1 aromatic heterocycles. The van der Waals surface area contributed by atoms with Crippen LogP contribution < -0.4 is 5.32 Å². The van der Waals surface area contributed by atoms with Crippen LogP contribution in [0.1, 0.15) is 18.1 Å². The number of rotatable bonds is 3. The van der Waals surface area contributed by atoms with Gasteiger partial charge in [-0.1, -0.05) is 48.0 Å². The first-order valence-corrected chi connectivity index (χ1v) is 8.60. The molecule has 3 aromatic rings. The van der Waals surface area contributed by atoms with Crippen LogP contribution in [0.3, 0.4) is 0 Å². The Kier molecular flexibility index (Phi) is 3.89. The summed E-state index contributed by atoms with van der Waals surface area (Å²) in [5, 5.41) is 4.20. The maximum atomic E-state index is 13.0. The SMILES string of the molecule is CC1(c2ccccc2)NC(=O)N(Cc2ccc(Cl)c3cccnc23)C1=O. The third-order valence-electron chi connectivity index (χ3n) is 4.75. The van der Waals surface area contributed by atoms with Gasteiger partial charge in [0.1, 0.15) is 5.54 Å². The van der Waals surface area contributed by atoms with Gasteiger partial charge < -0.3 is 5.32 Å². The fourth-order valence-corrected chi connectivity index (χ4v) is 3.52. The Hall–Kier alpha value is -2.92. The summed E-state index contributed by atoms with van der Waals surface area (Å²) >= 11 is 6.23. The number of halogens is 1. The van der Waals surface area contributed by atoms with E-state index >= 15 is 0 Å². The molecule has 0 bridgehead atoms. The molecule has 130 valence electrons. The van der Waals surface area contributed by atoms with Gasteiger partial charge in [0, 0.05) is 16.6 Å². The van der Waals surface area contributed by atoms with Crippen LogP contribution in [0.2, 0.25) is 5.02 Å². The summed E-state index contributed by atoms with van der Waals surface area (Å²) in [5.41, 5.74) is 1.13. The third kappa shape index (κ3) is 2.52. The molecule has 0 radical (unpaired) electrons. The average Bonchev–Trinajstić information content (AvgIpc) is 2.89. The average molecular weight is 366 g/mol. The predicted molar refractivity (Wildman–Crippen MR) is 99.6 cm³/mol. The molecule has 2 heterocycles. The van der Waals surface area contributed by atoms with Gasteiger partial charge in [-0.05, 0) is 36.2 Å². The largest absolute Gasteiger partial charge is 0.325 e. The van der Waals surface area contributed by atoms with Crippen molar-refractivity contribution in [1.82, 2.24) is 15.2 Å². The first-order valence-electron chi connectivity index (χ1n) is 8.22. The minimum absolute atomic E-state index is 0.137. The van der Waals surface area contributed by atoms with Crippen LogP contribution in [0.5, 0.6) is 0 Å². The van der Waals surface area contributed by atoms with Gasteiger partial charge in [-0.25, -0.2) is 4.79 Å². The lowest BCUT2D eigenvalue weighted by Crippen LogP contribution is -2.40. The number of imide groups is 1. The molecule has 3 amide bonds. The number of amides is 3. The maximum absolute atomic E-state index is 13.0. The third-order valence-corrected chi connectivity index (χ3v) is 5.08. The second kappa shape index (κ2) is 6.11. The van der Waals surface area contributed by atoms with Gasteiger partial charge in [0.15, 0.2) is 0 Å². The summed E-state index contributed by atoms with van der Waals surface area (Å²) in [5.74, 6) is -0.285. The van der Waals surface area contributed by atoms with Crippen molar-refractivity contribution in [3.63, 3.8) is 0 Å². The number of nitrogens with one attached hydrogen (secondary N) is 1. The number of benzene rings is 2. The van der Waals surface area contributed by atoms with Crippen LogP contribution in [-0.4, -0.2) is 21.8 Å². The van der Waals surface area contributed by atoms with Crippen molar-refractivity contribution in [1.29, 1.82) is 0 Å². The number of hydrogen-bond acceptors (Lipinski definition) is 3. The van der Waals surface area contributed by atoms with E-state index in [1.165, 1.54) is 4.90 Å². The van der Waals surface area contributed by atoms with Crippen molar-refractivity contribution in [3.05, 3.63) is 76.9 Å². The Bertz CT molecular complexity index is 1020. The van der Waals surface area contributed by atoms with Crippen molar-refractivity contribution in [3.8, 4) is 0 Å². The monoisotopic (exact) mass is 365 g/mol. The molecule has 1 saturated heterocycles. The molecule has 2 aromatic carbocycles. The number of nitrogens with zero attached hydrogens (tertiary/aromatic N) is 2. The van der Waals surface area contributed by atoms with E-state index in [1.54, 1.807) is 31.3 Å². The van der Waals surface area contributed by atoms with Gasteiger partial charge in [-0.15, -0.1) is 0 Å². The van der Waals surface area contributed by atoms with Gasteiger partial charge in [0.25, 0.3) is 5.91 Å². The molecule has 6 heteroatoms. The Balaban J connectivity index is 1.71. The van der Waals surface area contributed by atoms with E-state index in [1.807, 2.05) is 36.4 Å². The molecule has 4 rings (SSSR count). The summed E-state index contributed by atoms with van der Waals surface area (Å²) in [6, 6.07) is 16.1. The number of aromatic nitrogens is 1. The highest BCUT2D eigenvalue weighted by Gasteiger charge is 2.48. The molecule has 0 spiro atoms. The fraction of sp³-hybridized carbons (Fsp3) is 0.150. The standard InChI is InChI=1S/C20H16ClN3O2/c1-20(14-6-3-2-4-7-14)18(25)24(19(26)23-20)12-13-9-10-16(21)15-8-5-11-22-17(13)15/h2-11H,12H2,1H3,(H,23,26). The summed E-state index contributed by atoms with van der Waals surface area (Å²) in [6.07, 6.45) is 1.67. The topological polar surface area (TPSA) is 62.3 Å². The van der Waals surface area contributed by atoms with Crippen LogP contribution >= 0.6 is 11.6 Å². The van der Waals surface area contributed by atoms with Gasteiger partial charge in [0.2, 0.25) is 0 Å². The molecular weight excluding hydrogens is 350 g/mol. The second-order valence-corrected chi connectivity index (χ2v) is 6.83. The Morgan fingerprint density at radius 3 is 2.62 bits per heavy atom. The zero-order valence-corrected chi connectivity index (χ0v) is 14.8. The zero-order valence-electron chi connectivity index (χ0n) is 14.1. The zero-order chi connectivity index (χ0) is 18.3. The summed E-state index contributed by atoms with van der Waals surface area (Å²) in [4.78, 5) is 31.2. The van der Waals surface area contributed by atoms with Crippen LogP contribution in [0.4, 0.5) is 4.79 Å². The van der Waals surface area contributed by atoms with E-state index < -0.39 is 11.6 Å². The molecular formula is C20H16ClN3O2. The lowest BCUT2D eigenvalue weighted by molar-refractivity contribution is -0.131. The molecule has 5 nitrogen and oxygen atoms in total. The number of carbonyl (C=O) groups is 2. The van der Waals surface area contributed by atoms with E-state index in [0.717, 1.165) is 16.5 Å². The highest BCUT2D eigenvalue weighted by molar-refractivity contribution is 6.35. The van der Waals surface area contributed by atoms with E-state index in [0.29, 0.717) is 10.5 Å². The predicted octanol–water partition coefficient (Wildman–Crippen LogP) is 3.86. The highest BCUT2D eigenvalue weighted by Crippen LogP contribution is 2.31. The van der Waals surface area contributed by atoms with E-state index in [9.17, 15) is 9.59 Å². The lowest BCUT2D eigenvalue weighted by Gasteiger charge is -2.22. The van der Waals surface area contributed by atoms with E-state index in [-0.39, 0.29) is 12.5 Å². The smallest absolute Gasteiger partial charge is 0.319 e. The minimum atomic E-state index is -1.08. The second-order valence-electron chi connectivity index (χ2n) is 6.42. The molecule has 0 aliphatic carbocycles. The number of carbonyl (C=O) groups excluding carboxylic acids is 2. The molecule has 1 fully saturated rings. The van der Waals surface area contributed by atoms with Crippen LogP contribution in [0.15, 0.2) is 60.8 Å². The van der Waals surface area contributed by atoms with Crippen LogP contribution in [0, 0.1) is 0 Å². The molecule has 0 saturated carbocycles. The van der Waals surface area contributed by atoms with Gasteiger partial charge in [-0.2, -0.15) is 0 Å². The number of urea groups is 1. The fourth-order valence-electron chi connectivity index (χ4n) is 3.30. The molecule has 1 aliphatic rings. The molecule has 26 heavy (non-hydrogen) atoms. The summed E-state index contributed by atoms with van der Waals surface area (Å²) < 4.78 is 0. The number of pyridine rings is 1. The Morgan fingerprint density at radius 1 is 1.08 bits per heavy atom. The van der Waals surface area contributed by atoms with Crippen molar-refractivity contribution < 1.29 is 9.59 Å². The normalized spacial score (nSPS) is 19.8. The summed E-state index contributed by atoms with van der Waals surface area (Å²) in [6.45, 7) is 1.86. The molecule has 1 aliphatic heterocycles. The number of hydrogen-bond donors (Lipinski definition) is 1. The van der Waals surface area contributed by atoms with Gasteiger partial charge in [0.05, 0.1) is 12.1 Å². The first-order chi connectivity index (χ1) is 12.5. The number of fused-ring (bicyclic) bond motifs is 1. The van der Waals surface area contributed by atoms with Gasteiger partial charge >= 0.3 is 6.03 Å². The van der Waals surface area contributed by atoms with Crippen molar-refractivity contribution >= 4 is 34.4 Å². The van der Waals surface area contributed by atoms with Crippen molar-refractivity contribution in [2.75, 3.05) is 0 Å². The van der Waals surface area contributed by atoms with Crippen LogP contribution in [0.25, 0.3) is 10.9 Å². The van der Waals surface area contributed by atoms with Crippen molar-refractivity contribution in [2.45, 2.75) is 19.0 Å². The Morgan fingerprint density at radius 2 is 1.85 bits per heavy atom. The molecule has 1 atom stereocenters. The lowest BCUT2D eigenvalue weighted by atomic mass is 9.92.